The van der Waals surface area contributed by atoms with Crippen molar-refractivity contribution < 1.29 is 9.90 Å². The number of rotatable bonds is 1. The number of nitrogens with one attached hydrogen (secondary N) is 1. The zero-order valence-electron chi connectivity index (χ0n) is 9.30. The summed E-state index contributed by atoms with van der Waals surface area (Å²) < 4.78 is 0.829. The predicted molar refractivity (Wildman–Crippen MR) is 70.3 cm³/mol. The molecule has 1 heterocycles. The van der Waals surface area contributed by atoms with E-state index in [2.05, 4.69) is 27.9 Å². The molecule has 1 aromatic carbocycles. The number of carbonyl (C=O) groups is 1. The van der Waals surface area contributed by atoms with Gasteiger partial charge in [0.15, 0.2) is 0 Å². The lowest BCUT2D eigenvalue weighted by Crippen LogP contribution is -2.35. The number of aromatic hydroxyl groups is 1. The second-order valence-electron chi connectivity index (χ2n) is 4.50. The van der Waals surface area contributed by atoms with Crippen molar-refractivity contribution in [3.05, 3.63) is 26.8 Å². The van der Waals surface area contributed by atoms with Crippen molar-refractivity contribution in [3.8, 4) is 5.75 Å². The highest BCUT2D eigenvalue weighted by Crippen LogP contribution is 2.35. The normalized spacial score (nSPS) is 24.6. The van der Waals surface area contributed by atoms with E-state index in [0.717, 1.165) is 21.1 Å². The first-order valence-corrected chi connectivity index (χ1v) is 6.31. The topological polar surface area (TPSA) is 49.3 Å². The first kappa shape index (κ1) is 11.7. The van der Waals surface area contributed by atoms with E-state index in [9.17, 15) is 9.90 Å². The molecule has 1 unspecified atom stereocenters. The van der Waals surface area contributed by atoms with Gasteiger partial charge in [0.25, 0.3) is 0 Å². The summed E-state index contributed by atoms with van der Waals surface area (Å²) in [5.74, 6) is 0.431. The minimum absolute atomic E-state index is 0.100. The highest BCUT2D eigenvalue weighted by molar-refractivity contribution is 14.1. The summed E-state index contributed by atoms with van der Waals surface area (Å²) in [6, 6.07) is 3.89. The van der Waals surface area contributed by atoms with E-state index in [1.165, 1.54) is 0 Å². The molecule has 0 saturated carbocycles. The molecule has 86 valence electrons. The summed E-state index contributed by atoms with van der Waals surface area (Å²) in [7, 11) is 0. The van der Waals surface area contributed by atoms with E-state index in [-0.39, 0.29) is 11.4 Å². The molecule has 1 fully saturated rings. The minimum atomic E-state index is -0.282. The van der Waals surface area contributed by atoms with E-state index >= 15 is 0 Å². The van der Waals surface area contributed by atoms with Gasteiger partial charge < -0.3 is 10.4 Å². The Morgan fingerprint density at radius 2 is 2.19 bits per heavy atom. The predicted octanol–water partition coefficient (Wildman–Crippen LogP) is 2.43. The number of phenols is 1. The van der Waals surface area contributed by atoms with Crippen molar-refractivity contribution in [1.29, 1.82) is 0 Å². The number of amides is 1. The van der Waals surface area contributed by atoms with Gasteiger partial charge in [-0.3, -0.25) is 4.79 Å². The van der Waals surface area contributed by atoms with Crippen LogP contribution in [0.4, 0.5) is 0 Å². The molecule has 4 heteroatoms. The zero-order chi connectivity index (χ0) is 11.9. The van der Waals surface area contributed by atoms with Crippen LogP contribution < -0.4 is 5.32 Å². The molecule has 1 aromatic rings. The summed E-state index contributed by atoms with van der Waals surface area (Å²) in [5.41, 5.74) is 1.64. The van der Waals surface area contributed by atoms with Gasteiger partial charge in [0.1, 0.15) is 5.75 Å². The SMILES string of the molecule is Cc1cc(C2(C)CCC(=O)N2)cc(I)c1O. The van der Waals surface area contributed by atoms with Crippen molar-refractivity contribution in [2.75, 3.05) is 0 Å². The summed E-state index contributed by atoms with van der Waals surface area (Å²) in [6.45, 7) is 3.90. The van der Waals surface area contributed by atoms with Crippen molar-refractivity contribution in [1.82, 2.24) is 5.32 Å². The molecule has 1 atom stereocenters. The molecule has 3 nitrogen and oxygen atoms in total. The Balaban J connectivity index is 2.45. The Morgan fingerprint density at radius 3 is 2.69 bits per heavy atom. The third kappa shape index (κ3) is 1.90. The Hall–Kier alpha value is -0.780. The van der Waals surface area contributed by atoms with E-state index in [4.69, 9.17) is 0 Å². The highest BCUT2D eigenvalue weighted by atomic mass is 127. The molecule has 1 aliphatic rings. The molecule has 0 aromatic heterocycles. The molecular formula is C12H14INO2. The molecule has 16 heavy (non-hydrogen) atoms. The Morgan fingerprint density at radius 1 is 1.50 bits per heavy atom. The lowest BCUT2D eigenvalue weighted by molar-refractivity contribution is -0.119. The van der Waals surface area contributed by atoms with Gasteiger partial charge in [-0.2, -0.15) is 0 Å². The Kier molecular flexibility index (Phi) is 2.86. The van der Waals surface area contributed by atoms with Gasteiger partial charge in [-0.05, 0) is 66.1 Å². The van der Waals surface area contributed by atoms with E-state index < -0.39 is 0 Å². The fraction of sp³-hybridized carbons (Fsp3) is 0.417. The summed E-state index contributed by atoms with van der Waals surface area (Å²) >= 11 is 2.11. The van der Waals surface area contributed by atoms with Crippen molar-refractivity contribution >= 4 is 28.5 Å². The fourth-order valence-corrected chi connectivity index (χ4v) is 2.83. The van der Waals surface area contributed by atoms with Crippen molar-refractivity contribution in [2.45, 2.75) is 32.2 Å². The smallest absolute Gasteiger partial charge is 0.220 e. The summed E-state index contributed by atoms with van der Waals surface area (Å²) in [6.07, 6.45) is 1.39. The maximum atomic E-state index is 11.3. The maximum Gasteiger partial charge on any atom is 0.220 e. The van der Waals surface area contributed by atoms with Crippen molar-refractivity contribution in [2.24, 2.45) is 0 Å². The Bertz CT molecular complexity index is 435. The lowest BCUT2D eigenvalue weighted by Gasteiger charge is -2.25. The third-order valence-corrected chi connectivity index (χ3v) is 3.98. The zero-order valence-corrected chi connectivity index (χ0v) is 11.5. The third-order valence-electron chi connectivity index (χ3n) is 3.16. The van der Waals surface area contributed by atoms with Gasteiger partial charge >= 0.3 is 0 Å². The summed E-state index contributed by atoms with van der Waals surface area (Å²) in [5, 5.41) is 12.7. The molecule has 0 aliphatic carbocycles. The van der Waals surface area contributed by atoms with Crippen LogP contribution in [0, 0.1) is 10.5 Å². The largest absolute Gasteiger partial charge is 0.507 e. The number of halogens is 1. The van der Waals surface area contributed by atoms with Gasteiger partial charge in [-0.1, -0.05) is 0 Å². The Labute approximate surface area is 108 Å². The van der Waals surface area contributed by atoms with Crippen molar-refractivity contribution in [3.63, 3.8) is 0 Å². The van der Waals surface area contributed by atoms with Crippen LogP contribution in [0.15, 0.2) is 12.1 Å². The molecule has 2 N–H and O–H groups in total. The second kappa shape index (κ2) is 3.91. The maximum absolute atomic E-state index is 11.3. The quantitative estimate of drug-likeness (QED) is 0.777. The molecule has 0 radical (unpaired) electrons. The van der Waals surface area contributed by atoms with Crippen LogP contribution in [0.3, 0.4) is 0 Å². The van der Waals surface area contributed by atoms with Crippen LogP contribution in [-0.2, 0) is 10.3 Å². The van der Waals surface area contributed by atoms with E-state index in [1.54, 1.807) is 0 Å². The van der Waals surface area contributed by atoms with Crippen LogP contribution in [0.25, 0.3) is 0 Å². The van der Waals surface area contributed by atoms with Crippen LogP contribution >= 0.6 is 22.6 Å². The fourth-order valence-electron chi connectivity index (χ4n) is 2.07. The van der Waals surface area contributed by atoms with Crippen LogP contribution in [0.1, 0.15) is 30.9 Å². The van der Waals surface area contributed by atoms with Gasteiger partial charge in [0.2, 0.25) is 5.91 Å². The molecular weight excluding hydrogens is 317 g/mol. The number of hydrogen-bond acceptors (Lipinski definition) is 2. The molecule has 1 amide bonds. The standard InChI is InChI=1S/C12H14INO2/c1-7-5-8(6-9(13)11(7)16)12(2)4-3-10(15)14-12/h5-6,16H,3-4H2,1-2H3,(H,14,15). The molecule has 0 spiro atoms. The van der Waals surface area contributed by atoms with Gasteiger partial charge in [-0.25, -0.2) is 0 Å². The average Bonchev–Trinajstić information content (AvgIpc) is 2.56. The second-order valence-corrected chi connectivity index (χ2v) is 5.67. The van der Waals surface area contributed by atoms with Crippen LogP contribution in [-0.4, -0.2) is 11.0 Å². The van der Waals surface area contributed by atoms with Gasteiger partial charge in [0, 0.05) is 6.42 Å². The molecule has 1 saturated heterocycles. The van der Waals surface area contributed by atoms with Crippen LogP contribution in [0.2, 0.25) is 0 Å². The van der Waals surface area contributed by atoms with Gasteiger partial charge in [-0.15, -0.1) is 0 Å². The lowest BCUT2D eigenvalue weighted by atomic mass is 9.89. The number of benzene rings is 1. The minimum Gasteiger partial charge on any atom is -0.507 e. The first-order valence-electron chi connectivity index (χ1n) is 5.23. The van der Waals surface area contributed by atoms with Crippen LogP contribution in [0.5, 0.6) is 5.75 Å². The molecule has 0 bridgehead atoms. The summed E-state index contributed by atoms with van der Waals surface area (Å²) in [4.78, 5) is 11.3. The number of phenolic OH excluding ortho intramolecular Hbond substituents is 1. The number of aryl methyl sites for hydroxylation is 1. The van der Waals surface area contributed by atoms with E-state index in [1.807, 2.05) is 26.0 Å². The molecule has 2 rings (SSSR count). The average molecular weight is 331 g/mol. The van der Waals surface area contributed by atoms with E-state index in [0.29, 0.717) is 12.2 Å². The monoisotopic (exact) mass is 331 g/mol. The first-order chi connectivity index (χ1) is 7.42. The number of carbonyl (C=O) groups excluding carboxylic acids is 1. The highest BCUT2D eigenvalue weighted by Gasteiger charge is 2.35. The van der Waals surface area contributed by atoms with Gasteiger partial charge in [0.05, 0.1) is 9.11 Å². The molecule has 1 aliphatic heterocycles. The number of hydrogen-bond donors (Lipinski definition) is 2.